The van der Waals surface area contributed by atoms with Crippen molar-refractivity contribution in [2.75, 3.05) is 45.9 Å². The van der Waals surface area contributed by atoms with Crippen LogP contribution in [-0.2, 0) is 9.59 Å². The number of para-hydroxylation sites is 1. The smallest absolute Gasteiger partial charge is 0.253 e. The molecule has 0 saturated carbocycles. The lowest BCUT2D eigenvalue weighted by atomic mass is 9.94. The van der Waals surface area contributed by atoms with Crippen molar-refractivity contribution in [3.05, 3.63) is 65.2 Å². The molecule has 0 N–H and O–H groups in total. The van der Waals surface area contributed by atoms with Gasteiger partial charge in [-0.3, -0.25) is 14.4 Å². The predicted molar refractivity (Wildman–Crippen MR) is 130 cm³/mol. The van der Waals surface area contributed by atoms with Crippen molar-refractivity contribution in [2.24, 2.45) is 5.92 Å². The zero-order chi connectivity index (χ0) is 23.9. The van der Waals surface area contributed by atoms with Crippen LogP contribution in [0.2, 0.25) is 5.02 Å². The summed E-state index contributed by atoms with van der Waals surface area (Å²) in [6.45, 7) is 3.64. The quantitative estimate of drug-likeness (QED) is 0.632. The Kier molecular flexibility index (Phi) is 8.06. The van der Waals surface area contributed by atoms with Gasteiger partial charge in [-0.2, -0.15) is 0 Å². The van der Waals surface area contributed by atoms with Crippen LogP contribution in [0.4, 0.5) is 0 Å². The molecule has 180 valence electrons. The van der Waals surface area contributed by atoms with Gasteiger partial charge >= 0.3 is 0 Å². The lowest BCUT2D eigenvalue weighted by Crippen LogP contribution is -2.53. The Labute approximate surface area is 205 Å². The third kappa shape index (κ3) is 6.08. The molecule has 0 bridgehead atoms. The van der Waals surface area contributed by atoms with E-state index in [2.05, 4.69) is 0 Å². The zero-order valence-corrected chi connectivity index (χ0v) is 20.0. The maximum absolute atomic E-state index is 13.0. The molecule has 3 amide bonds. The van der Waals surface area contributed by atoms with Crippen molar-refractivity contribution in [3.8, 4) is 5.75 Å². The normalized spacial score (nSPS) is 16.9. The maximum atomic E-state index is 13.0. The maximum Gasteiger partial charge on any atom is 0.253 e. The van der Waals surface area contributed by atoms with Crippen molar-refractivity contribution in [2.45, 2.75) is 19.3 Å². The number of benzene rings is 2. The van der Waals surface area contributed by atoms with Gasteiger partial charge in [0.25, 0.3) is 5.91 Å². The number of carbonyl (C=O) groups excluding carboxylic acids is 3. The van der Waals surface area contributed by atoms with Gasteiger partial charge in [-0.25, -0.2) is 0 Å². The molecule has 0 aromatic heterocycles. The van der Waals surface area contributed by atoms with Crippen LogP contribution in [0, 0.1) is 5.92 Å². The van der Waals surface area contributed by atoms with E-state index < -0.39 is 0 Å². The third-order valence-corrected chi connectivity index (χ3v) is 6.75. The summed E-state index contributed by atoms with van der Waals surface area (Å²) in [5, 5.41) is 0.597. The van der Waals surface area contributed by atoms with Gasteiger partial charge in [-0.05, 0) is 49.2 Å². The number of hydrogen-bond donors (Lipinski definition) is 0. The number of likely N-dealkylation sites (tertiary alicyclic amines) is 1. The molecule has 0 aliphatic carbocycles. The van der Waals surface area contributed by atoms with Crippen molar-refractivity contribution in [1.82, 2.24) is 14.7 Å². The standard InChI is InChI=1S/C26H30ClN3O4/c27-22-8-6-20(7-9-22)25(32)29-15-17-30(18-16-29)26(33)21-10-13-28(14-11-21)24(31)12-19-34-23-4-2-1-3-5-23/h1-9,21H,10-19H2. The first kappa shape index (κ1) is 24.1. The summed E-state index contributed by atoms with van der Waals surface area (Å²) in [4.78, 5) is 43.7. The van der Waals surface area contributed by atoms with Crippen LogP contribution < -0.4 is 4.74 Å². The minimum absolute atomic E-state index is 0.0353. The van der Waals surface area contributed by atoms with Gasteiger partial charge in [0.2, 0.25) is 11.8 Å². The van der Waals surface area contributed by atoms with Crippen LogP contribution in [-0.4, -0.2) is 78.3 Å². The molecule has 7 nitrogen and oxygen atoms in total. The first-order chi connectivity index (χ1) is 16.5. The molecule has 2 aliphatic heterocycles. The SMILES string of the molecule is O=C(CCOc1ccccc1)N1CCC(C(=O)N2CCN(C(=O)c3ccc(Cl)cc3)CC2)CC1. The highest BCUT2D eigenvalue weighted by atomic mass is 35.5. The number of nitrogens with zero attached hydrogens (tertiary/aromatic N) is 3. The Morgan fingerprint density at radius 3 is 2.06 bits per heavy atom. The molecular weight excluding hydrogens is 454 g/mol. The highest BCUT2D eigenvalue weighted by Gasteiger charge is 2.32. The number of ether oxygens (including phenoxy) is 1. The number of halogens is 1. The van der Waals surface area contributed by atoms with Gasteiger partial charge in [-0.15, -0.1) is 0 Å². The Hall–Kier alpha value is -3.06. The van der Waals surface area contributed by atoms with Crippen LogP contribution in [0.25, 0.3) is 0 Å². The summed E-state index contributed by atoms with van der Waals surface area (Å²) >= 11 is 5.91. The summed E-state index contributed by atoms with van der Waals surface area (Å²) in [5.74, 6) is 0.860. The summed E-state index contributed by atoms with van der Waals surface area (Å²) in [5.41, 5.74) is 0.607. The molecule has 0 atom stereocenters. The van der Waals surface area contributed by atoms with E-state index in [-0.39, 0.29) is 23.6 Å². The monoisotopic (exact) mass is 483 g/mol. The highest BCUT2D eigenvalue weighted by molar-refractivity contribution is 6.30. The van der Waals surface area contributed by atoms with Crippen molar-refractivity contribution in [1.29, 1.82) is 0 Å². The highest BCUT2D eigenvalue weighted by Crippen LogP contribution is 2.22. The Balaban J connectivity index is 1.17. The fourth-order valence-corrected chi connectivity index (χ4v) is 4.60. The summed E-state index contributed by atoms with van der Waals surface area (Å²) in [6, 6.07) is 16.3. The number of carbonyl (C=O) groups is 3. The summed E-state index contributed by atoms with van der Waals surface area (Å²) in [6.07, 6.45) is 1.68. The molecule has 2 aromatic rings. The Morgan fingerprint density at radius 1 is 0.794 bits per heavy atom. The lowest BCUT2D eigenvalue weighted by Gasteiger charge is -2.38. The van der Waals surface area contributed by atoms with Gasteiger partial charge in [0, 0.05) is 55.8 Å². The second kappa shape index (κ2) is 11.4. The largest absolute Gasteiger partial charge is 0.493 e. The number of piperidine rings is 1. The molecule has 8 heteroatoms. The molecule has 34 heavy (non-hydrogen) atoms. The second-order valence-corrected chi connectivity index (χ2v) is 9.13. The minimum atomic E-state index is -0.0665. The molecule has 2 aliphatic rings. The molecule has 2 fully saturated rings. The number of hydrogen-bond acceptors (Lipinski definition) is 4. The van der Waals surface area contributed by atoms with Gasteiger partial charge in [0.15, 0.2) is 0 Å². The molecule has 2 aromatic carbocycles. The lowest BCUT2D eigenvalue weighted by molar-refractivity contribution is -0.142. The van der Waals surface area contributed by atoms with Crippen molar-refractivity contribution >= 4 is 29.3 Å². The van der Waals surface area contributed by atoms with Crippen LogP contribution in [0.5, 0.6) is 5.75 Å². The third-order valence-electron chi connectivity index (χ3n) is 6.49. The average molecular weight is 484 g/mol. The number of rotatable bonds is 6. The first-order valence-electron chi connectivity index (χ1n) is 11.8. The summed E-state index contributed by atoms with van der Waals surface area (Å²) < 4.78 is 5.62. The molecule has 0 radical (unpaired) electrons. The van der Waals surface area contributed by atoms with Gasteiger partial charge in [-0.1, -0.05) is 29.8 Å². The van der Waals surface area contributed by atoms with E-state index in [0.717, 1.165) is 5.75 Å². The van der Waals surface area contributed by atoms with Gasteiger partial charge in [0.05, 0.1) is 13.0 Å². The Morgan fingerprint density at radius 2 is 1.41 bits per heavy atom. The number of amides is 3. The van der Waals surface area contributed by atoms with E-state index in [1.807, 2.05) is 40.1 Å². The van der Waals surface area contributed by atoms with Gasteiger partial charge in [0.1, 0.15) is 5.75 Å². The minimum Gasteiger partial charge on any atom is -0.493 e. The van der Waals surface area contributed by atoms with E-state index in [4.69, 9.17) is 16.3 Å². The van der Waals surface area contributed by atoms with Crippen molar-refractivity contribution < 1.29 is 19.1 Å². The van der Waals surface area contributed by atoms with E-state index in [0.29, 0.717) is 75.7 Å². The fraction of sp³-hybridized carbons (Fsp3) is 0.423. The van der Waals surface area contributed by atoms with E-state index in [1.165, 1.54) is 0 Å². The molecule has 2 heterocycles. The fourth-order valence-electron chi connectivity index (χ4n) is 4.47. The van der Waals surface area contributed by atoms with Crippen LogP contribution in [0.15, 0.2) is 54.6 Å². The average Bonchev–Trinajstić information content (AvgIpc) is 2.89. The molecule has 4 rings (SSSR count). The molecule has 2 saturated heterocycles. The molecule has 0 spiro atoms. The summed E-state index contributed by atoms with van der Waals surface area (Å²) in [7, 11) is 0. The van der Waals surface area contributed by atoms with Crippen LogP contribution >= 0.6 is 11.6 Å². The van der Waals surface area contributed by atoms with Gasteiger partial charge < -0.3 is 19.4 Å². The first-order valence-corrected chi connectivity index (χ1v) is 12.2. The zero-order valence-electron chi connectivity index (χ0n) is 19.2. The predicted octanol–water partition coefficient (Wildman–Crippen LogP) is 3.33. The Bertz CT molecular complexity index is 983. The second-order valence-electron chi connectivity index (χ2n) is 8.69. The number of piperazine rings is 1. The van der Waals surface area contributed by atoms with Crippen molar-refractivity contribution in [3.63, 3.8) is 0 Å². The molecular formula is C26H30ClN3O4. The van der Waals surface area contributed by atoms with E-state index in [1.54, 1.807) is 29.2 Å². The van der Waals surface area contributed by atoms with E-state index >= 15 is 0 Å². The van der Waals surface area contributed by atoms with Crippen LogP contribution in [0.1, 0.15) is 29.6 Å². The topological polar surface area (TPSA) is 70.2 Å². The molecule has 0 unspecified atom stereocenters. The van der Waals surface area contributed by atoms with E-state index in [9.17, 15) is 14.4 Å². The van der Waals surface area contributed by atoms with Crippen LogP contribution in [0.3, 0.4) is 0 Å².